The molecule has 0 spiro atoms. The number of carbonyl (C=O) groups excluding carboxylic acids is 2. The molecule has 0 atom stereocenters. The summed E-state index contributed by atoms with van der Waals surface area (Å²) in [5, 5.41) is 3.13. The first-order valence-electron chi connectivity index (χ1n) is 6.95. The van der Waals surface area contributed by atoms with Crippen molar-refractivity contribution in [2.45, 2.75) is 0 Å². The lowest BCUT2D eigenvalue weighted by molar-refractivity contribution is -0.116. The molecule has 0 saturated heterocycles. The van der Waals surface area contributed by atoms with E-state index in [-0.39, 0.29) is 18.4 Å². The summed E-state index contributed by atoms with van der Waals surface area (Å²) in [6.07, 6.45) is 0. The molecule has 0 aliphatic heterocycles. The summed E-state index contributed by atoms with van der Waals surface area (Å²) in [6.45, 7) is -0.0733. The molecule has 0 radical (unpaired) electrons. The molecule has 2 rings (SSSR count). The molecule has 5 nitrogen and oxygen atoms in total. The van der Waals surface area contributed by atoms with Gasteiger partial charge in [0.05, 0.1) is 24.4 Å². The van der Waals surface area contributed by atoms with Gasteiger partial charge in [-0.3, -0.25) is 9.59 Å². The number of benzene rings is 2. The number of nitrogens with zero attached hydrogens (tertiary/aromatic N) is 1. The lowest BCUT2D eigenvalue weighted by Crippen LogP contribution is -2.34. The molecule has 6 heteroatoms. The van der Waals surface area contributed by atoms with Gasteiger partial charge in [0, 0.05) is 12.6 Å². The molecule has 120 valence electrons. The zero-order valence-corrected chi connectivity index (χ0v) is 13.6. The number of halogens is 1. The number of hydrogen-bond donors (Lipinski definition) is 1. The Morgan fingerprint density at radius 1 is 1.13 bits per heavy atom. The van der Waals surface area contributed by atoms with Crippen LogP contribution in [-0.4, -0.2) is 37.4 Å². The Hall–Kier alpha value is -2.53. The molecule has 0 unspecified atom stereocenters. The van der Waals surface area contributed by atoms with Crippen LogP contribution >= 0.6 is 11.6 Å². The van der Waals surface area contributed by atoms with Crippen LogP contribution in [0.25, 0.3) is 0 Å². The van der Waals surface area contributed by atoms with Gasteiger partial charge in [0.2, 0.25) is 5.91 Å². The highest BCUT2D eigenvalue weighted by Gasteiger charge is 2.15. The Morgan fingerprint density at radius 3 is 2.39 bits per heavy atom. The van der Waals surface area contributed by atoms with Crippen molar-refractivity contribution in [3.8, 4) is 5.75 Å². The van der Waals surface area contributed by atoms with Gasteiger partial charge in [-0.25, -0.2) is 0 Å². The Kier molecular flexibility index (Phi) is 5.60. The Bertz CT molecular complexity index is 701. The standard InChI is InChI=1S/C17H17ClN2O3/c1-20(17(22)12-7-9-13(23-2)10-8-12)11-16(21)19-15-6-4-3-5-14(15)18/h3-10H,11H2,1-2H3,(H,19,21). The Labute approximate surface area is 139 Å². The highest BCUT2D eigenvalue weighted by molar-refractivity contribution is 6.33. The molecule has 2 amide bonds. The van der Waals surface area contributed by atoms with Crippen LogP contribution in [0.4, 0.5) is 5.69 Å². The van der Waals surface area contributed by atoms with Crippen LogP contribution in [-0.2, 0) is 4.79 Å². The SMILES string of the molecule is COc1ccc(C(=O)N(C)CC(=O)Nc2ccccc2Cl)cc1. The first kappa shape index (κ1) is 16.8. The van der Waals surface area contributed by atoms with Gasteiger partial charge in [-0.05, 0) is 36.4 Å². The van der Waals surface area contributed by atoms with Crippen LogP contribution in [0.5, 0.6) is 5.75 Å². The van der Waals surface area contributed by atoms with E-state index in [2.05, 4.69) is 5.32 Å². The third-order valence-electron chi connectivity index (χ3n) is 3.21. The predicted octanol–water partition coefficient (Wildman–Crippen LogP) is 3.06. The number of amides is 2. The van der Waals surface area contributed by atoms with E-state index in [0.717, 1.165) is 0 Å². The van der Waals surface area contributed by atoms with Gasteiger partial charge >= 0.3 is 0 Å². The number of anilines is 1. The van der Waals surface area contributed by atoms with Crippen molar-refractivity contribution in [3.05, 3.63) is 59.1 Å². The van der Waals surface area contributed by atoms with Gasteiger partial charge in [-0.1, -0.05) is 23.7 Å². The maximum Gasteiger partial charge on any atom is 0.254 e. The zero-order chi connectivity index (χ0) is 16.8. The fourth-order valence-corrected chi connectivity index (χ4v) is 2.18. The first-order valence-corrected chi connectivity index (χ1v) is 7.33. The lowest BCUT2D eigenvalue weighted by atomic mass is 10.2. The number of ether oxygens (including phenoxy) is 1. The minimum absolute atomic E-state index is 0.0733. The van der Waals surface area contributed by atoms with E-state index in [4.69, 9.17) is 16.3 Å². The average Bonchev–Trinajstić information content (AvgIpc) is 2.56. The summed E-state index contributed by atoms with van der Waals surface area (Å²) in [7, 11) is 3.13. The number of methoxy groups -OCH3 is 1. The van der Waals surface area contributed by atoms with Gasteiger partial charge in [-0.15, -0.1) is 0 Å². The molecule has 0 aliphatic rings. The van der Waals surface area contributed by atoms with Gasteiger partial charge in [0.15, 0.2) is 0 Å². The molecule has 0 aliphatic carbocycles. The predicted molar refractivity (Wildman–Crippen MR) is 90.0 cm³/mol. The fraction of sp³-hybridized carbons (Fsp3) is 0.176. The number of para-hydroxylation sites is 1. The normalized spacial score (nSPS) is 10.0. The monoisotopic (exact) mass is 332 g/mol. The second-order valence-corrected chi connectivity index (χ2v) is 5.32. The quantitative estimate of drug-likeness (QED) is 0.915. The summed E-state index contributed by atoms with van der Waals surface area (Å²) in [5.74, 6) is 0.102. The average molecular weight is 333 g/mol. The maximum absolute atomic E-state index is 12.3. The van der Waals surface area contributed by atoms with Crippen LogP contribution in [0.3, 0.4) is 0 Å². The maximum atomic E-state index is 12.3. The molecular weight excluding hydrogens is 316 g/mol. The molecule has 2 aromatic carbocycles. The molecular formula is C17H17ClN2O3. The van der Waals surface area contributed by atoms with E-state index in [1.807, 2.05) is 0 Å². The molecule has 0 aromatic heterocycles. The van der Waals surface area contributed by atoms with Crippen LogP contribution in [0.15, 0.2) is 48.5 Å². The van der Waals surface area contributed by atoms with Gasteiger partial charge in [0.1, 0.15) is 5.75 Å². The van der Waals surface area contributed by atoms with E-state index in [9.17, 15) is 9.59 Å². The van der Waals surface area contributed by atoms with Crippen molar-refractivity contribution in [2.75, 3.05) is 26.0 Å². The van der Waals surface area contributed by atoms with Crippen molar-refractivity contribution in [1.29, 1.82) is 0 Å². The van der Waals surface area contributed by atoms with E-state index >= 15 is 0 Å². The van der Waals surface area contributed by atoms with Crippen molar-refractivity contribution in [2.24, 2.45) is 0 Å². The number of likely N-dealkylation sites (N-methyl/N-ethyl adjacent to an activating group) is 1. The van der Waals surface area contributed by atoms with Crippen LogP contribution < -0.4 is 10.1 Å². The van der Waals surface area contributed by atoms with Crippen LogP contribution in [0.1, 0.15) is 10.4 Å². The highest BCUT2D eigenvalue weighted by Crippen LogP contribution is 2.20. The molecule has 23 heavy (non-hydrogen) atoms. The van der Waals surface area contributed by atoms with Crippen molar-refractivity contribution < 1.29 is 14.3 Å². The smallest absolute Gasteiger partial charge is 0.254 e. The summed E-state index contributed by atoms with van der Waals surface area (Å²) >= 11 is 5.98. The fourth-order valence-electron chi connectivity index (χ4n) is 1.99. The van der Waals surface area contributed by atoms with Crippen molar-refractivity contribution in [3.63, 3.8) is 0 Å². The summed E-state index contributed by atoms with van der Waals surface area (Å²) < 4.78 is 5.05. The molecule has 0 heterocycles. The third-order valence-corrected chi connectivity index (χ3v) is 3.54. The summed E-state index contributed by atoms with van der Waals surface area (Å²) in [6, 6.07) is 13.6. The minimum Gasteiger partial charge on any atom is -0.497 e. The van der Waals surface area contributed by atoms with Crippen molar-refractivity contribution in [1.82, 2.24) is 4.90 Å². The zero-order valence-electron chi connectivity index (χ0n) is 12.9. The topological polar surface area (TPSA) is 58.6 Å². The first-order chi connectivity index (χ1) is 11.0. The highest BCUT2D eigenvalue weighted by atomic mass is 35.5. The Morgan fingerprint density at radius 2 is 1.78 bits per heavy atom. The second-order valence-electron chi connectivity index (χ2n) is 4.92. The molecule has 0 saturated carbocycles. The van der Waals surface area contributed by atoms with E-state index in [1.165, 1.54) is 4.90 Å². The number of nitrogens with one attached hydrogen (secondary N) is 1. The summed E-state index contributed by atoms with van der Waals surface area (Å²) in [5.41, 5.74) is 1.00. The number of carbonyl (C=O) groups is 2. The van der Waals surface area contributed by atoms with E-state index < -0.39 is 0 Å². The second kappa shape index (κ2) is 7.65. The van der Waals surface area contributed by atoms with Gasteiger partial charge in [-0.2, -0.15) is 0 Å². The lowest BCUT2D eigenvalue weighted by Gasteiger charge is -2.17. The Balaban J connectivity index is 1.97. The van der Waals surface area contributed by atoms with E-state index in [1.54, 1.807) is 62.7 Å². The largest absolute Gasteiger partial charge is 0.497 e. The van der Waals surface area contributed by atoms with Crippen LogP contribution in [0.2, 0.25) is 5.02 Å². The molecule has 0 fully saturated rings. The minimum atomic E-state index is -0.317. The number of hydrogen-bond acceptors (Lipinski definition) is 3. The molecule has 1 N–H and O–H groups in total. The third kappa shape index (κ3) is 4.47. The van der Waals surface area contributed by atoms with Crippen LogP contribution in [0, 0.1) is 0 Å². The summed E-state index contributed by atoms with van der Waals surface area (Å²) in [4.78, 5) is 25.6. The van der Waals surface area contributed by atoms with Gasteiger partial charge in [0.25, 0.3) is 5.91 Å². The van der Waals surface area contributed by atoms with Gasteiger partial charge < -0.3 is 15.0 Å². The number of rotatable bonds is 5. The van der Waals surface area contributed by atoms with E-state index in [0.29, 0.717) is 22.0 Å². The van der Waals surface area contributed by atoms with Crippen molar-refractivity contribution >= 4 is 29.1 Å². The molecule has 0 bridgehead atoms. The molecule has 2 aromatic rings.